The van der Waals surface area contributed by atoms with Crippen molar-refractivity contribution in [3.8, 4) is 0 Å². The molecule has 0 spiro atoms. The summed E-state index contributed by atoms with van der Waals surface area (Å²) in [6, 6.07) is 0. The molecule has 132 valence electrons. The van der Waals surface area contributed by atoms with Gasteiger partial charge in [-0.2, -0.15) is 13.2 Å². The van der Waals surface area contributed by atoms with E-state index in [4.69, 9.17) is 0 Å². The van der Waals surface area contributed by atoms with E-state index < -0.39 is 18.1 Å². The highest BCUT2D eigenvalue weighted by Crippen LogP contribution is 2.22. The molecular weight excluding hydrogens is 296 g/mol. The van der Waals surface area contributed by atoms with Gasteiger partial charge >= 0.3 is 6.18 Å². The molecule has 1 nitrogen and oxygen atoms in total. The number of unbranched alkanes of at least 4 members (excludes halogenated alkanes) is 11. The molecule has 0 aromatic heterocycles. The number of carbonyl (C=O) groups is 1. The van der Waals surface area contributed by atoms with Gasteiger partial charge in [0, 0.05) is 0 Å². The van der Waals surface area contributed by atoms with Gasteiger partial charge in [-0.1, -0.05) is 84.0 Å². The molecule has 0 aliphatic carbocycles. The Kier molecular flexibility index (Phi) is 12.5. The fourth-order valence-electron chi connectivity index (χ4n) is 2.47. The minimum absolute atomic E-state index is 0.310. The van der Waals surface area contributed by atoms with E-state index in [0.717, 1.165) is 19.3 Å². The lowest BCUT2D eigenvalue weighted by Crippen LogP contribution is -2.31. The SMILES string of the molecule is CCCCCCCCCCCCCC[C@H](F)C(=O)C(F)(F)F. The number of hydrogen-bond donors (Lipinski definition) is 0. The minimum atomic E-state index is -5.05. The lowest BCUT2D eigenvalue weighted by molar-refractivity contribution is -0.176. The minimum Gasteiger partial charge on any atom is -0.286 e. The standard InChI is InChI=1S/C17H30F4O/c1-2-3-4-5-6-7-8-9-10-11-12-13-14-15(18)16(22)17(19,20)21/h15H,2-14H2,1H3/t15-/m0/s1. The van der Waals surface area contributed by atoms with Crippen molar-refractivity contribution in [1.82, 2.24) is 0 Å². The molecule has 0 fully saturated rings. The zero-order valence-corrected chi connectivity index (χ0v) is 13.7. The second-order valence-corrected chi connectivity index (χ2v) is 6.01. The van der Waals surface area contributed by atoms with Gasteiger partial charge in [0.15, 0.2) is 6.17 Å². The van der Waals surface area contributed by atoms with Crippen LogP contribution in [0.1, 0.15) is 90.4 Å². The van der Waals surface area contributed by atoms with Crippen molar-refractivity contribution in [3.05, 3.63) is 0 Å². The average molecular weight is 326 g/mol. The summed E-state index contributed by atoms with van der Waals surface area (Å²) in [6.45, 7) is 2.20. The largest absolute Gasteiger partial charge is 0.453 e. The van der Waals surface area contributed by atoms with E-state index in [9.17, 15) is 22.4 Å². The van der Waals surface area contributed by atoms with E-state index >= 15 is 0 Å². The van der Waals surface area contributed by atoms with E-state index in [2.05, 4.69) is 6.92 Å². The molecule has 0 saturated carbocycles. The number of halogens is 4. The number of alkyl halides is 4. The lowest BCUT2D eigenvalue weighted by atomic mass is 10.0. The van der Waals surface area contributed by atoms with Crippen molar-refractivity contribution in [1.29, 1.82) is 0 Å². The van der Waals surface area contributed by atoms with Crippen LogP contribution in [0.2, 0.25) is 0 Å². The van der Waals surface area contributed by atoms with Crippen LogP contribution in [0, 0.1) is 0 Å². The first-order valence-corrected chi connectivity index (χ1v) is 8.64. The summed E-state index contributed by atoms with van der Waals surface area (Å²) in [5, 5.41) is 0. The Morgan fingerprint density at radius 1 is 0.773 bits per heavy atom. The number of rotatable bonds is 14. The van der Waals surface area contributed by atoms with Crippen molar-refractivity contribution in [2.45, 2.75) is 103 Å². The number of ketones is 1. The zero-order chi connectivity index (χ0) is 16.8. The third kappa shape index (κ3) is 12.0. The van der Waals surface area contributed by atoms with Crippen molar-refractivity contribution >= 4 is 5.78 Å². The van der Waals surface area contributed by atoms with Crippen LogP contribution < -0.4 is 0 Å². The molecule has 22 heavy (non-hydrogen) atoms. The van der Waals surface area contributed by atoms with Crippen LogP contribution in [0.5, 0.6) is 0 Å². The van der Waals surface area contributed by atoms with Gasteiger partial charge in [0.2, 0.25) is 0 Å². The van der Waals surface area contributed by atoms with Gasteiger partial charge < -0.3 is 0 Å². The Labute approximate surface area is 131 Å². The normalized spacial score (nSPS) is 13.3. The Morgan fingerprint density at radius 2 is 1.14 bits per heavy atom. The first-order chi connectivity index (χ1) is 10.4. The summed E-state index contributed by atoms with van der Waals surface area (Å²) >= 11 is 0. The third-order valence-electron chi connectivity index (χ3n) is 3.88. The van der Waals surface area contributed by atoms with Crippen LogP contribution in [0.3, 0.4) is 0 Å². The van der Waals surface area contributed by atoms with Crippen LogP contribution >= 0.6 is 0 Å². The average Bonchev–Trinajstić information content (AvgIpc) is 2.46. The maximum Gasteiger partial charge on any atom is 0.453 e. The predicted octanol–water partition coefficient (Wildman–Crippen LogP) is 6.55. The van der Waals surface area contributed by atoms with Gasteiger partial charge in [-0.3, -0.25) is 4.79 Å². The first kappa shape index (κ1) is 21.4. The third-order valence-corrected chi connectivity index (χ3v) is 3.88. The van der Waals surface area contributed by atoms with Crippen LogP contribution in [-0.2, 0) is 4.79 Å². The van der Waals surface area contributed by atoms with Gasteiger partial charge in [-0.05, 0) is 6.42 Å². The molecule has 5 heteroatoms. The molecular formula is C17H30F4O. The first-order valence-electron chi connectivity index (χ1n) is 8.64. The molecule has 0 unspecified atom stereocenters. The Hall–Kier alpha value is -0.610. The molecule has 0 aliphatic rings. The Balaban J connectivity index is 3.32. The van der Waals surface area contributed by atoms with E-state index in [0.29, 0.717) is 12.8 Å². The van der Waals surface area contributed by atoms with Gasteiger partial charge in [-0.25, -0.2) is 4.39 Å². The predicted molar refractivity (Wildman–Crippen MR) is 81.7 cm³/mol. The molecule has 0 heterocycles. The molecule has 0 N–H and O–H groups in total. The fraction of sp³-hybridized carbons (Fsp3) is 0.941. The van der Waals surface area contributed by atoms with Gasteiger partial charge in [0.05, 0.1) is 0 Å². The summed E-state index contributed by atoms with van der Waals surface area (Å²) in [5.41, 5.74) is 0. The maximum absolute atomic E-state index is 13.0. The summed E-state index contributed by atoms with van der Waals surface area (Å²) in [5.74, 6) is -2.24. The Bertz CT molecular complexity index is 276. The highest BCUT2D eigenvalue weighted by Gasteiger charge is 2.43. The molecule has 0 rings (SSSR count). The van der Waals surface area contributed by atoms with Crippen molar-refractivity contribution in [2.24, 2.45) is 0 Å². The van der Waals surface area contributed by atoms with Crippen molar-refractivity contribution < 1.29 is 22.4 Å². The van der Waals surface area contributed by atoms with E-state index in [1.54, 1.807) is 0 Å². The van der Waals surface area contributed by atoms with E-state index in [-0.39, 0.29) is 6.42 Å². The van der Waals surface area contributed by atoms with Gasteiger partial charge in [-0.15, -0.1) is 0 Å². The fourth-order valence-corrected chi connectivity index (χ4v) is 2.47. The van der Waals surface area contributed by atoms with E-state index in [1.165, 1.54) is 44.9 Å². The van der Waals surface area contributed by atoms with Crippen LogP contribution in [0.25, 0.3) is 0 Å². The summed E-state index contributed by atoms with van der Waals surface area (Å²) in [7, 11) is 0. The summed E-state index contributed by atoms with van der Waals surface area (Å²) in [6.07, 6.45) is 5.30. The highest BCUT2D eigenvalue weighted by atomic mass is 19.4. The topological polar surface area (TPSA) is 17.1 Å². The molecule has 1 atom stereocenters. The van der Waals surface area contributed by atoms with E-state index in [1.807, 2.05) is 0 Å². The number of carbonyl (C=O) groups excluding carboxylic acids is 1. The maximum atomic E-state index is 13.0. The van der Waals surface area contributed by atoms with Crippen molar-refractivity contribution in [2.75, 3.05) is 0 Å². The Morgan fingerprint density at radius 3 is 1.50 bits per heavy atom. The van der Waals surface area contributed by atoms with Gasteiger partial charge in [0.25, 0.3) is 5.78 Å². The zero-order valence-electron chi connectivity index (χ0n) is 13.7. The second kappa shape index (κ2) is 12.9. The van der Waals surface area contributed by atoms with Crippen LogP contribution in [0.15, 0.2) is 0 Å². The van der Waals surface area contributed by atoms with Crippen LogP contribution in [0.4, 0.5) is 17.6 Å². The second-order valence-electron chi connectivity index (χ2n) is 6.01. The van der Waals surface area contributed by atoms with Crippen molar-refractivity contribution in [3.63, 3.8) is 0 Å². The molecule has 0 amide bonds. The molecule has 0 radical (unpaired) electrons. The highest BCUT2D eigenvalue weighted by molar-refractivity contribution is 5.88. The quantitative estimate of drug-likeness (QED) is 0.261. The monoisotopic (exact) mass is 326 g/mol. The lowest BCUT2D eigenvalue weighted by Gasteiger charge is -2.09. The van der Waals surface area contributed by atoms with Crippen LogP contribution in [-0.4, -0.2) is 18.1 Å². The molecule has 0 aromatic rings. The van der Waals surface area contributed by atoms with Gasteiger partial charge in [0.1, 0.15) is 0 Å². The summed E-state index contributed by atoms with van der Waals surface area (Å²) in [4.78, 5) is 10.6. The molecule has 0 saturated heterocycles. The number of Topliss-reactive ketones (excluding diaryl/α,β-unsaturated/α-hetero) is 1. The smallest absolute Gasteiger partial charge is 0.286 e. The molecule has 0 aromatic carbocycles. The number of hydrogen-bond acceptors (Lipinski definition) is 1. The summed E-state index contributed by atoms with van der Waals surface area (Å²) < 4.78 is 48.9. The molecule has 0 bridgehead atoms. The molecule has 0 aliphatic heterocycles.